The highest BCUT2D eigenvalue weighted by atomic mass is 32.1. The van der Waals surface area contributed by atoms with Gasteiger partial charge in [0.05, 0.1) is 22.6 Å². The molecule has 1 N–H and O–H groups in total. The maximum Gasteiger partial charge on any atom is 0.407 e. The van der Waals surface area contributed by atoms with E-state index in [0.717, 1.165) is 36.1 Å². The summed E-state index contributed by atoms with van der Waals surface area (Å²) in [5.74, 6) is 2.61. The molecule has 236 valence electrons. The van der Waals surface area contributed by atoms with Crippen LogP contribution in [0.2, 0.25) is 0 Å². The van der Waals surface area contributed by atoms with Crippen LogP contribution in [0.3, 0.4) is 0 Å². The van der Waals surface area contributed by atoms with E-state index in [1.165, 1.54) is 23.4 Å². The monoisotopic (exact) mass is 627 g/mol. The molecule has 2 amide bonds. The summed E-state index contributed by atoms with van der Waals surface area (Å²) in [5.41, 5.74) is 2.79. The number of benzene rings is 1. The molecule has 3 fully saturated rings. The van der Waals surface area contributed by atoms with Gasteiger partial charge in [-0.05, 0) is 111 Å². The number of rotatable bonds is 9. The molecular formula is C35H41N5O4S. The molecule has 2 aromatic heterocycles. The van der Waals surface area contributed by atoms with Crippen LogP contribution in [0.15, 0.2) is 42.7 Å². The van der Waals surface area contributed by atoms with Crippen LogP contribution in [0, 0.1) is 23.2 Å². The average molecular weight is 628 g/mol. The number of amides is 2. The fourth-order valence-corrected chi connectivity index (χ4v) is 7.90. The minimum absolute atomic E-state index is 0.108. The van der Waals surface area contributed by atoms with Gasteiger partial charge in [-0.1, -0.05) is 6.07 Å². The predicted molar refractivity (Wildman–Crippen MR) is 173 cm³/mol. The van der Waals surface area contributed by atoms with Crippen molar-refractivity contribution in [2.24, 2.45) is 11.8 Å². The lowest BCUT2D eigenvalue weighted by Gasteiger charge is -2.35. The summed E-state index contributed by atoms with van der Waals surface area (Å²) in [6, 6.07) is 12.3. The fourth-order valence-electron chi connectivity index (χ4n) is 6.82. The normalized spacial score (nSPS) is 23.0. The summed E-state index contributed by atoms with van der Waals surface area (Å²) < 4.78 is 10.8. The molecule has 45 heavy (non-hydrogen) atoms. The standard InChI is InChI=1S/C35H41N5O4S/c1-37-35(42)44-29-12-9-25(10-13-29)34(41)40(32-18-27(15-16-38-32)31-20-39-33(45-31)24-7-8-24)21-22-3-5-23(6-4-22)26-11-14-30(43-2)28(17-26)19-36/h11,14-18,20,22-25,29H,3-10,12-13,21H2,1-2H3,(H,37,42)/t22-,23-,25-,29-. The van der Waals surface area contributed by atoms with Crippen molar-refractivity contribution >= 4 is 29.2 Å². The number of aromatic nitrogens is 2. The summed E-state index contributed by atoms with van der Waals surface area (Å²) in [7, 11) is 3.15. The van der Waals surface area contributed by atoms with Crippen LogP contribution in [0.5, 0.6) is 5.75 Å². The molecule has 3 saturated carbocycles. The molecule has 10 heteroatoms. The number of thiazole rings is 1. The molecule has 0 spiro atoms. The summed E-state index contributed by atoms with van der Waals surface area (Å²) in [5, 5.41) is 13.3. The Kier molecular flexibility index (Phi) is 9.64. The largest absolute Gasteiger partial charge is 0.495 e. The number of carbonyl (C=O) groups is 2. The lowest BCUT2D eigenvalue weighted by molar-refractivity contribution is -0.124. The maximum absolute atomic E-state index is 14.2. The van der Waals surface area contributed by atoms with E-state index in [4.69, 9.17) is 14.5 Å². The highest BCUT2D eigenvalue weighted by Crippen LogP contribution is 2.44. The summed E-state index contributed by atoms with van der Waals surface area (Å²) in [6.07, 6.45) is 12.3. The predicted octanol–water partition coefficient (Wildman–Crippen LogP) is 7.18. The number of ether oxygens (including phenoxy) is 2. The maximum atomic E-state index is 14.2. The summed E-state index contributed by atoms with van der Waals surface area (Å²) in [4.78, 5) is 38.4. The lowest BCUT2D eigenvalue weighted by Crippen LogP contribution is -2.42. The number of carbonyl (C=O) groups excluding carboxylic acids is 2. The molecule has 2 heterocycles. The van der Waals surface area contributed by atoms with E-state index >= 15 is 0 Å². The Balaban J connectivity index is 1.18. The smallest absolute Gasteiger partial charge is 0.407 e. The van der Waals surface area contributed by atoms with Crippen molar-refractivity contribution in [3.63, 3.8) is 0 Å². The molecule has 0 saturated heterocycles. The van der Waals surface area contributed by atoms with Gasteiger partial charge in [0.1, 0.15) is 23.7 Å². The first-order valence-corrected chi connectivity index (χ1v) is 17.0. The second kappa shape index (κ2) is 14.0. The molecule has 9 nitrogen and oxygen atoms in total. The number of alkyl carbamates (subject to hydrolysis) is 1. The Hall–Kier alpha value is -3.97. The minimum atomic E-state index is -0.422. The first-order valence-electron chi connectivity index (χ1n) is 16.2. The van der Waals surface area contributed by atoms with E-state index in [2.05, 4.69) is 28.5 Å². The SMILES string of the molecule is CNC(=O)O[C@H]1CC[C@H](C(=O)N(C[C@H]2CC[C@H](c3ccc(OC)c(C#N)c3)CC2)c2cc(-c3cnc(C4CC4)s3)ccn2)CC1. The number of anilines is 1. The van der Waals surface area contributed by atoms with Gasteiger partial charge in [-0.25, -0.2) is 14.8 Å². The molecule has 0 unspecified atom stereocenters. The van der Waals surface area contributed by atoms with Crippen LogP contribution in [0.1, 0.15) is 92.2 Å². The van der Waals surface area contributed by atoms with Gasteiger partial charge < -0.3 is 14.8 Å². The van der Waals surface area contributed by atoms with Gasteiger partial charge in [0.15, 0.2) is 0 Å². The van der Waals surface area contributed by atoms with Crippen LogP contribution in [0.4, 0.5) is 10.6 Å². The number of hydrogen-bond acceptors (Lipinski definition) is 8. The molecular weight excluding hydrogens is 586 g/mol. The number of hydrogen-bond donors (Lipinski definition) is 1. The highest BCUT2D eigenvalue weighted by molar-refractivity contribution is 7.15. The van der Waals surface area contributed by atoms with Crippen molar-refractivity contribution < 1.29 is 19.1 Å². The molecule has 0 aliphatic heterocycles. The Morgan fingerprint density at radius 1 is 1.00 bits per heavy atom. The van der Waals surface area contributed by atoms with E-state index in [-0.39, 0.29) is 17.9 Å². The summed E-state index contributed by atoms with van der Waals surface area (Å²) in [6.45, 7) is 0.624. The molecule has 3 aliphatic carbocycles. The van der Waals surface area contributed by atoms with E-state index in [9.17, 15) is 14.9 Å². The quantitative estimate of drug-likeness (QED) is 0.267. The number of methoxy groups -OCH3 is 1. The summed E-state index contributed by atoms with van der Waals surface area (Å²) >= 11 is 1.74. The van der Waals surface area contributed by atoms with Gasteiger partial charge in [-0.2, -0.15) is 5.26 Å². The third kappa shape index (κ3) is 7.30. The Bertz CT molecular complexity index is 1550. The second-order valence-corrected chi connectivity index (χ2v) is 13.7. The molecule has 0 radical (unpaired) electrons. The van der Waals surface area contributed by atoms with Gasteiger partial charge in [-0.3, -0.25) is 9.69 Å². The Morgan fingerprint density at radius 2 is 1.76 bits per heavy atom. The van der Waals surface area contributed by atoms with Crippen LogP contribution >= 0.6 is 11.3 Å². The molecule has 6 rings (SSSR count). The molecule has 3 aliphatic rings. The second-order valence-electron chi connectivity index (χ2n) is 12.6. The van der Waals surface area contributed by atoms with Gasteiger partial charge in [0.25, 0.3) is 0 Å². The highest BCUT2D eigenvalue weighted by Gasteiger charge is 2.34. The van der Waals surface area contributed by atoms with Crippen molar-refractivity contribution in [1.29, 1.82) is 5.26 Å². The van der Waals surface area contributed by atoms with Crippen molar-refractivity contribution in [3.8, 4) is 22.3 Å². The molecule has 1 aromatic carbocycles. The molecule has 0 atom stereocenters. The fraction of sp³-hybridized carbons (Fsp3) is 0.514. The Labute approximate surface area is 269 Å². The average Bonchev–Trinajstić information content (AvgIpc) is 3.82. The van der Waals surface area contributed by atoms with Crippen LogP contribution in [-0.2, 0) is 9.53 Å². The number of nitrogens with zero attached hydrogens (tertiary/aromatic N) is 4. The van der Waals surface area contributed by atoms with Gasteiger partial charge in [0.2, 0.25) is 5.91 Å². The first-order chi connectivity index (χ1) is 21.9. The Morgan fingerprint density at radius 3 is 2.44 bits per heavy atom. The zero-order valence-electron chi connectivity index (χ0n) is 26.0. The first kappa shape index (κ1) is 31.0. The van der Waals surface area contributed by atoms with Crippen molar-refractivity contribution in [3.05, 3.63) is 58.9 Å². The van der Waals surface area contributed by atoms with E-state index in [1.54, 1.807) is 25.5 Å². The van der Waals surface area contributed by atoms with E-state index in [1.807, 2.05) is 35.5 Å². The van der Waals surface area contributed by atoms with Gasteiger partial charge in [0, 0.05) is 37.8 Å². The minimum Gasteiger partial charge on any atom is -0.495 e. The zero-order valence-corrected chi connectivity index (χ0v) is 26.9. The number of pyridine rings is 1. The van der Waals surface area contributed by atoms with Gasteiger partial charge >= 0.3 is 6.09 Å². The lowest BCUT2D eigenvalue weighted by atomic mass is 9.78. The van der Waals surface area contributed by atoms with Crippen LogP contribution in [0.25, 0.3) is 10.4 Å². The third-order valence-electron chi connectivity index (χ3n) is 9.63. The van der Waals surface area contributed by atoms with Crippen molar-refractivity contribution in [2.45, 2.75) is 82.1 Å². The number of nitriles is 1. The molecule has 0 bridgehead atoms. The number of nitrogens with one attached hydrogen (secondary N) is 1. The van der Waals surface area contributed by atoms with Crippen LogP contribution in [-0.4, -0.2) is 48.8 Å². The van der Waals surface area contributed by atoms with Crippen molar-refractivity contribution in [1.82, 2.24) is 15.3 Å². The van der Waals surface area contributed by atoms with E-state index in [0.29, 0.717) is 67.1 Å². The third-order valence-corrected chi connectivity index (χ3v) is 10.8. The zero-order chi connectivity index (χ0) is 31.3. The van der Waals surface area contributed by atoms with Crippen molar-refractivity contribution in [2.75, 3.05) is 25.6 Å². The van der Waals surface area contributed by atoms with Gasteiger partial charge in [-0.15, -0.1) is 11.3 Å². The topological polar surface area (TPSA) is 117 Å². The van der Waals surface area contributed by atoms with Crippen LogP contribution < -0.4 is 15.0 Å². The molecule has 3 aromatic rings. The van der Waals surface area contributed by atoms with E-state index < -0.39 is 6.09 Å².